The zero-order chi connectivity index (χ0) is 20.6. The van der Waals surface area contributed by atoms with Crippen LogP contribution in [0.2, 0.25) is 0 Å². The molecular formula is C21H22N4O3S. The Hall–Kier alpha value is -3.39. The predicted octanol–water partition coefficient (Wildman–Crippen LogP) is 2.62. The summed E-state index contributed by atoms with van der Waals surface area (Å²) in [7, 11) is 3.22. The van der Waals surface area contributed by atoms with Crippen molar-refractivity contribution in [3.05, 3.63) is 70.3 Å². The maximum atomic E-state index is 12.1. The molecule has 0 fully saturated rings. The zero-order valence-corrected chi connectivity index (χ0v) is 17.0. The van der Waals surface area contributed by atoms with Gasteiger partial charge >= 0.3 is 0 Å². The predicted molar refractivity (Wildman–Crippen MR) is 118 cm³/mol. The minimum atomic E-state index is -0.255. The van der Waals surface area contributed by atoms with Gasteiger partial charge in [-0.1, -0.05) is 18.2 Å². The van der Waals surface area contributed by atoms with Gasteiger partial charge in [0.25, 0.3) is 5.56 Å². The number of nitrogens with one attached hydrogen (secondary N) is 3. The van der Waals surface area contributed by atoms with E-state index in [2.05, 4.69) is 20.6 Å². The van der Waals surface area contributed by atoms with Crippen LogP contribution in [-0.2, 0) is 6.42 Å². The maximum absolute atomic E-state index is 12.1. The van der Waals surface area contributed by atoms with Crippen LogP contribution in [0.4, 0.5) is 0 Å². The molecule has 0 unspecified atom stereocenters. The summed E-state index contributed by atoms with van der Waals surface area (Å²) in [6.07, 6.45) is 3.95. The molecule has 150 valence electrons. The molecule has 0 bridgehead atoms. The molecule has 2 aromatic carbocycles. The standard InChI is InChI=1S/C21H22N4O3S/c1-27-18-8-7-14(13-19(18)28-2)9-11-22-21(29)23-12-10-17-20(26)25-16-6-4-3-5-15(16)24-17/h3-8,10,12-13H,9,11H2,1-2H3,(H,25,26)(H2,22,23,29). The fourth-order valence-electron chi connectivity index (χ4n) is 2.76. The van der Waals surface area contributed by atoms with Crippen molar-refractivity contribution in [1.29, 1.82) is 0 Å². The molecule has 0 saturated heterocycles. The number of hydrogen-bond donors (Lipinski definition) is 3. The average Bonchev–Trinajstić information content (AvgIpc) is 2.74. The highest BCUT2D eigenvalue weighted by Crippen LogP contribution is 2.27. The van der Waals surface area contributed by atoms with Gasteiger partial charge in [-0.2, -0.15) is 0 Å². The molecule has 1 heterocycles. The highest BCUT2D eigenvalue weighted by atomic mass is 32.1. The third-order valence-electron chi connectivity index (χ3n) is 4.23. The lowest BCUT2D eigenvalue weighted by molar-refractivity contribution is 0.354. The van der Waals surface area contributed by atoms with Gasteiger partial charge in [-0.25, -0.2) is 4.98 Å². The highest BCUT2D eigenvalue weighted by molar-refractivity contribution is 7.80. The first-order valence-electron chi connectivity index (χ1n) is 9.01. The van der Waals surface area contributed by atoms with E-state index in [1.165, 1.54) is 0 Å². The number of thiocarbonyl (C=S) groups is 1. The van der Waals surface area contributed by atoms with E-state index in [1.54, 1.807) is 26.5 Å². The molecule has 3 rings (SSSR count). The molecule has 0 amide bonds. The van der Waals surface area contributed by atoms with E-state index in [4.69, 9.17) is 21.7 Å². The first-order valence-corrected chi connectivity index (χ1v) is 9.42. The quantitative estimate of drug-likeness (QED) is 0.516. The summed E-state index contributed by atoms with van der Waals surface area (Å²) < 4.78 is 10.5. The second-order valence-corrected chi connectivity index (χ2v) is 6.55. The van der Waals surface area contributed by atoms with E-state index in [-0.39, 0.29) is 5.56 Å². The van der Waals surface area contributed by atoms with E-state index < -0.39 is 0 Å². The SMILES string of the molecule is COc1ccc(CCNC(=S)NC=Cc2nc3ccccc3[nH]c2=O)cc1OC. The largest absolute Gasteiger partial charge is 0.493 e. The third-order valence-corrected chi connectivity index (χ3v) is 4.49. The minimum absolute atomic E-state index is 0.255. The van der Waals surface area contributed by atoms with E-state index >= 15 is 0 Å². The molecule has 3 N–H and O–H groups in total. The Morgan fingerprint density at radius 3 is 2.76 bits per heavy atom. The molecule has 0 spiro atoms. The Morgan fingerprint density at radius 2 is 1.97 bits per heavy atom. The van der Waals surface area contributed by atoms with Crippen LogP contribution in [0, 0.1) is 0 Å². The van der Waals surface area contributed by atoms with Gasteiger partial charge in [0, 0.05) is 12.7 Å². The van der Waals surface area contributed by atoms with Crippen molar-refractivity contribution in [3.63, 3.8) is 0 Å². The van der Waals surface area contributed by atoms with Crippen LogP contribution in [0.5, 0.6) is 11.5 Å². The molecule has 0 saturated carbocycles. The number of rotatable bonds is 7. The Labute approximate surface area is 173 Å². The fraction of sp³-hybridized carbons (Fsp3) is 0.190. The van der Waals surface area contributed by atoms with Crippen LogP contribution >= 0.6 is 12.2 Å². The third kappa shape index (κ3) is 5.32. The van der Waals surface area contributed by atoms with Crippen molar-refractivity contribution in [3.8, 4) is 11.5 Å². The lowest BCUT2D eigenvalue weighted by Crippen LogP contribution is -2.33. The summed E-state index contributed by atoms with van der Waals surface area (Å²) in [5.74, 6) is 1.39. The first kappa shape index (κ1) is 20.3. The second-order valence-electron chi connectivity index (χ2n) is 6.14. The Balaban J connectivity index is 1.51. The molecule has 0 aliphatic heterocycles. The second kappa shape index (κ2) is 9.70. The van der Waals surface area contributed by atoms with Crippen molar-refractivity contribution in [2.24, 2.45) is 0 Å². The van der Waals surface area contributed by atoms with Crippen LogP contribution in [0.1, 0.15) is 11.3 Å². The van der Waals surface area contributed by atoms with Crippen molar-refractivity contribution < 1.29 is 9.47 Å². The summed E-state index contributed by atoms with van der Waals surface area (Å²) in [6.45, 7) is 0.643. The smallest absolute Gasteiger partial charge is 0.274 e. The summed E-state index contributed by atoms with van der Waals surface area (Å²) in [5.41, 5.74) is 2.58. The number of H-pyrrole nitrogens is 1. The molecule has 29 heavy (non-hydrogen) atoms. The van der Waals surface area contributed by atoms with Gasteiger partial charge in [0.15, 0.2) is 16.6 Å². The highest BCUT2D eigenvalue weighted by Gasteiger charge is 2.05. The molecule has 0 radical (unpaired) electrons. The van der Waals surface area contributed by atoms with E-state index in [1.807, 2.05) is 42.5 Å². The molecular weight excluding hydrogens is 388 g/mol. The van der Waals surface area contributed by atoms with Crippen molar-refractivity contribution in [2.45, 2.75) is 6.42 Å². The van der Waals surface area contributed by atoms with E-state index in [9.17, 15) is 4.79 Å². The lowest BCUT2D eigenvalue weighted by Gasteiger charge is -2.11. The minimum Gasteiger partial charge on any atom is -0.493 e. The maximum Gasteiger partial charge on any atom is 0.274 e. The number of aromatic amines is 1. The Kier molecular flexibility index (Phi) is 6.80. The van der Waals surface area contributed by atoms with Gasteiger partial charge in [0.1, 0.15) is 5.69 Å². The number of aromatic nitrogens is 2. The average molecular weight is 410 g/mol. The first-order chi connectivity index (χ1) is 14.1. The normalized spacial score (nSPS) is 10.8. The van der Waals surface area contributed by atoms with Crippen molar-refractivity contribution >= 4 is 34.4 Å². The number of nitrogens with zero attached hydrogens (tertiary/aromatic N) is 1. The molecule has 7 nitrogen and oxygen atoms in total. The number of benzene rings is 2. The van der Waals surface area contributed by atoms with Crippen molar-refractivity contribution in [1.82, 2.24) is 20.6 Å². The summed E-state index contributed by atoms with van der Waals surface area (Å²) in [5, 5.41) is 6.51. The number of methoxy groups -OCH3 is 2. The molecule has 1 aromatic heterocycles. The van der Waals surface area contributed by atoms with Crippen LogP contribution in [0.25, 0.3) is 17.1 Å². The van der Waals surface area contributed by atoms with Crippen LogP contribution in [0.15, 0.2) is 53.5 Å². The van der Waals surface area contributed by atoms with Gasteiger partial charge in [-0.15, -0.1) is 0 Å². The number of hydrogen-bond acceptors (Lipinski definition) is 5. The molecule has 0 atom stereocenters. The van der Waals surface area contributed by atoms with Gasteiger partial charge < -0.3 is 25.1 Å². The Morgan fingerprint density at radius 1 is 1.17 bits per heavy atom. The van der Waals surface area contributed by atoms with Gasteiger partial charge in [-0.05, 0) is 54.5 Å². The monoisotopic (exact) mass is 410 g/mol. The number of ether oxygens (including phenoxy) is 2. The molecule has 0 aliphatic carbocycles. The van der Waals surface area contributed by atoms with Gasteiger partial charge in [-0.3, -0.25) is 4.79 Å². The van der Waals surface area contributed by atoms with Gasteiger partial charge in [0.2, 0.25) is 0 Å². The Bertz CT molecular complexity index is 1090. The van der Waals surface area contributed by atoms with E-state index in [0.29, 0.717) is 34.4 Å². The summed E-state index contributed by atoms with van der Waals surface area (Å²) in [6, 6.07) is 13.2. The molecule has 3 aromatic rings. The van der Waals surface area contributed by atoms with Crippen LogP contribution in [0.3, 0.4) is 0 Å². The van der Waals surface area contributed by atoms with Crippen LogP contribution in [-0.4, -0.2) is 35.8 Å². The number of para-hydroxylation sites is 2. The summed E-state index contributed by atoms with van der Waals surface area (Å²) >= 11 is 5.26. The van der Waals surface area contributed by atoms with Crippen molar-refractivity contribution in [2.75, 3.05) is 20.8 Å². The fourth-order valence-corrected chi connectivity index (χ4v) is 2.93. The zero-order valence-electron chi connectivity index (χ0n) is 16.2. The molecule has 0 aliphatic rings. The van der Waals surface area contributed by atoms with Crippen LogP contribution < -0.4 is 25.7 Å². The van der Waals surface area contributed by atoms with E-state index in [0.717, 1.165) is 17.5 Å². The summed E-state index contributed by atoms with van der Waals surface area (Å²) in [4.78, 5) is 19.2. The van der Waals surface area contributed by atoms with Gasteiger partial charge in [0.05, 0.1) is 25.3 Å². The topological polar surface area (TPSA) is 88.3 Å². The lowest BCUT2D eigenvalue weighted by atomic mass is 10.1. The molecule has 8 heteroatoms. The number of fused-ring (bicyclic) bond motifs is 1.